The molecule has 4 rings (SSSR count). The van der Waals surface area contributed by atoms with Gasteiger partial charge in [0.2, 0.25) is 0 Å². The van der Waals surface area contributed by atoms with E-state index in [0.717, 1.165) is 5.56 Å². The largest absolute Gasteiger partial charge is 0.506 e. The van der Waals surface area contributed by atoms with Crippen LogP contribution in [0.1, 0.15) is 40.9 Å². The van der Waals surface area contributed by atoms with Gasteiger partial charge in [0.05, 0.1) is 5.52 Å². The van der Waals surface area contributed by atoms with E-state index in [1.165, 1.54) is 16.7 Å². The average molecular weight is 367 g/mol. The first-order chi connectivity index (χ1) is 13.0. The zero-order valence-corrected chi connectivity index (χ0v) is 14.7. The number of hydrogen-bond acceptors (Lipinski definition) is 4. The van der Waals surface area contributed by atoms with Gasteiger partial charge < -0.3 is 15.0 Å². The standard InChI is InChI=1S/C20H18FN3O3/c1-11-2-3-13-8-14(21)9-15-17(13)24(11)20(27)16(18(15)25)19(26)23-10-12-4-6-22-7-5-12/h4-9,11,25H,2-3,10H2,1H3,(H,23,26)/t11-/m1/s1. The molecule has 0 aliphatic carbocycles. The predicted octanol–water partition coefficient (Wildman–Crippen LogP) is 2.68. The molecule has 0 unspecified atom stereocenters. The summed E-state index contributed by atoms with van der Waals surface area (Å²) in [5.41, 5.74) is 1.05. The summed E-state index contributed by atoms with van der Waals surface area (Å²) in [5.74, 6) is -1.67. The van der Waals surface area contributed by atoms with Crippen molar-refractivity contribution in [3.8, 4) is 5.75 Å². The van der Waals surface area contributed by atoms with Crippen molar-refractivity contribution < 1.29 is 14.3 Å². The highest BCUT2D eigenvalue weighted by Crippen LogP contribution is 2.35. The van der Waals surface area contributed by atoms with Gasteiger partial charge in [-0.25, -0.2) is 4.39 Å². The van der Waals surface area contributed by atoms with Crippen molar-refractivity contribution in [2.45, 2.75) is 32.4 Å². The number of aryl methyl sites for hydroxylation is 1. The van der Waals surface area contributed by atoms with Crippen LogP contribution in [0.15, 0.2) is 41.5 Å². The zero-order valence-electron chi connectivity index (χ0n) is 14.7. The number of amides is 1. The smallest absolute Gasteiger partial charge is 0.267 e. The van der Waals surface area contributed by atoms with Crippen molar-refractivity contribution in [3.05, 3.63) is 69.5 Å². The van der Waals surface area contributed by atoms with Crippen LogP contribution in [0.3, 0.4) is 0 Å². The Labute approximate surface area is 154 Å². The van der Waals surface area contributed by atoms with E-state index in [1.54, 1.807) is 24.5 Å². The Balaban J connectivity index is 1.84. The summed E-state index contributed by atoms with van der Waals surface area (Å²) in [4.78, 5) is 29.6. The first-order valence-corrected chi connectivity index (χ1v) is 8.74. The lowest BCUT2D eigenvalue weighted by Gasteiger charge is -2.26. The van der Waals surface area contributed by atoms with E-state index in [4.69, 9.17) is 0 Å². The monoisotopic (exact) mass is 367 g/mol. The lowest BCUT2D eigenvalue weighted by Crippen LogP contribution is -2.36. The molecule has 0 saturated carbocycles. The minimum Gasteiger partial charge on any atom is -0.506 e. The molecule has 1 aromatic carbocycles. The van der Waals surface area contributed by atoms with Crippen molar-refractivity contribution in [2.24, 2.45) is 0 Å². The lowest BCUT2D eigenvalue weighted by atomic mass is 9.95. The van der Waals surface area contributed by atoms with E-state index in [-0.39, 0.29) is 23.5 Å². The molecule has 1 amide bonds. The molecular formula is C20H18FN3O3. The highest BCUT2D eigenvalue weighted by Gasteiger charge is 2.28. The summed E-state index contributed by atoms with van der Waals surface area (Å²) >= 11 is 0. The summed E-state index contributed by atoms with van der Waals surface area (Å²) in [5, 5.41) is 13.5. The number of halogens is 1. The molecule has 27 heavy (non-hydrogen) atoms. The van der Waals surface area contributed by atoms with Crippen LogP contribution in [0, 0.1) is 5.82 Å². The fourth-order valence-electron chi connectivity index (χ4n) is 3.66. The van der Waals surface area contributed by atoms with Gasteiger partial charge in [0, 0.05) is 30.4 Å². The molecule has 0 bridgehead atoms. The molecule has 1 atom stereocenters. The number of nitrogens with one attached hydrogen (secondary N) is 1. The summed E-state index contributed by atoms with van der Waals surface area (Å²) in [6.45, 7) is 2.06. The Morgan fingerprint density at radius 3 is 2.85 bits per heavy atom. The molecule has 0 radical (unpaired) electrons. The Morgan fingerprint density at radius 2 is 2.11 bits per heavy atom. The van der Waals surface area contributed by atoms with Gasteiger partial charge in [-0.3, -0.25) is 14.6 Å². The third kappa shape index (κ3) is 2.85. The van der Waals surface area contributed by atoms with Crippen molar-refractivity contribution in [3.63, 3.8) is 0 Å². The molecule has 7 heteroatoms. The molecule has 3 aromatic rings. The van der Waals surface area contributed by atoms with Crippen LogP contribution in [0.4, 0.5) is 4.39 Å². The number of pyridine rings is 2. The SMILES string of the molecule is C[C@@H]1CCc2cc(F)cc3c(O)c(C(=O)NCc4ccncc4)c(=O)n1c23. The first kappa shape index (κ1) is 17.2. The van der Waals surface area contributed by atoms with Crippen molar-refractivity contribution in [1.82, 2.24) is 14.9 Å². The van der Waals surface area contributed by atoms with E-state index in [0.29, 0.717) is 23.9 Å². The van der Waals surface area contributed by atoms with Crippen LogP contribution >= 0.6 is 0 Å². The molecule has 0 saturated heterocycles. The summed E-state index contributed by atoms with van der Waals surface area (Å²) in [6.07, 6.45) is 4.47. The zero-order chi connectivity index (χ0) is 19.1. The summed E-state index contributed by atoms with van der Waals surface area (Å²) < 4.78 is 15.5. The lowest BCUT2D eigenvalue weighted by molar-refractivity contribution is 0.0946. The normalized spacial score (nSPS) is 15.7. The highest BCUT2D eigenvalue weighted by atomic mass is 19.1. The number of benzene rings is 1. The van der Waals surface area contributed by atoms with Crippen LogP contribution in [0.25, 0.3) is 10.9 Å². The summed E-state index contributed by atoms with van der Waals surface area (Å²) in [6, 6.07) is 5.88. The van der Waals surface area contributed by atoms with Gasteiger partial charge in [0.1, 0.15) is 17.1 Å². The predicted molar refractivity (Wildman–Crippen MR) is 98.3 cm³/mol. The first-order valence-electron chi connectivity index (χ1n) is 8.74. The van der Waals surface area contributed by atoms with Crippen LogP contribution < -0.4 is 10.9 Å². The van der Waals surface area contributed by atoms with Crippen molar-refractivity contribution in [2.75, 3.05) is 0 Å². The minimum atomic E-state index is -0.691. The van der Waals surface area contributed by atoms with Gasteiger partial charge >= 0.3 is 0 Å². The Hall–Kier alpha value is -3.22. The number of rotatable bonds is 3. The molecule has 3 heterocycles. The summed E-state index contributed by atoms with van der Waals surface area (Å²) in [7, 11) is 0. The van der Waals surface area contributed by atoms with Gasteiger partial charge in [0.15, 0.2) is 0 Å². The van der Waals surface area contributed by atoms with Gasteiger partial charge in [-0.15, -0.1) is 0 Å². The maximum atomic E-state index is 14.0. The Bertz CT molecular complexity index is 1110. The van der Waals surface area contributed by atoms with Crippen molar-refractivity contribution >= 4 is 16.8 Å². The fraction of sp³-hybridized carbons (Fsp3) is 0.250. The molecule has 2 aromatic heterocycles. The molecule has 1 aliphatic rings. The van der Waals surface area contributed by atoms with E-state index >= 15 is 0 Å². The maximum absolute atomic E-state index is 14.0. The van der Waals surface area contributed by atoms with Gasteiger partial charge in [-0.05, 0) is 55.2 Å². The van der Waals surface area contributed by atoms with Gasteiger partial charge in [-0.1, -0.05) is 0 Å². The van der Waals surface area contributed by atoms with Crippen LogP contribution in [0.2, 0.25) is 0 Å². The third-order valence-corrected chi connectivity index (χ3v) is 5.02. The van der Waals surface area contributed by atoms with E-state index in [2.05, 4.69) is 10.3 Å². The van der Waals surface area contributed by atoms with E-state index in [9.17, 15) is 19.1 Å². The van der Waals surface area contributed by atoms with Gasteiger partial charge in [0.25, 0.3) is 11.5 Å². The topological polar surface area (TPSA) is 84.2 Å². The van der Waals surface area contributed by atoms with Crippen LogP contribution in [-0.2, 0) is 13.0 Å². The molecule has 0 spiro atoms. The van der Waals surface area contributed by atoms with Crippen LogP contribution in [-0.4, -0.2) is 20.6 Å². The molecule has 138 valence electrons. The second kappa shape index (κ2) is 6.50. The number of nitrogens with zero attached hydrogens (tertiary/aromatic N) is 2. The third-order valence-electron chi connectivity index (χ3n) is 5.02. The van der Waals surface area contributed by atoms with E-state index < -0.39 is 23.0 Å². The number of aromatic nitrogens is 2. The second-order valence-electron chi connectivity index (χ2n) is 6.79. The number of aromatic hydroxyl groups is 1. The Kier molecular flexibility index (Phi) is 4.14. The molecule has 0 fully saturated rings. The average Bonchev–Trinajstić information content (AvgIpc) is 2.66. The maximum Gasteiger partial charge on any atom is 0.267 e. The molecule has 1 aliphatic heterocycles. The Morgan fingerprint density at radius 1 is 1.37 bits per heavy atom. The van der Waals surface area contributed by atoms with Gasteiger partial charge in [-0.2, -0.15) is 0 Å². The van der Waals surface area contributed by atoms with Crippen LogP contribution in [0.5, 0.6) is 5.75 Å². The number of hydrogen-bond donors (Lipinski definition) is 2. The molecular weight excluding hydrogens is 349 g/mol. The fourth-order valence-corrected chi connectivity index (χ4v) is 3.66. The minimum absolute atomic E-state index is 0.148. The van der Waals surface area contributed by atoms with E-state index in [1.807, 2.05) is 6.92 Å². The quantitative estimate of drug-likeness (QED) is 0.745. The molecule has 6 nitrogen and oxygen atoms in total. The number of carbonyl (C=O) groups excluding carboxylic acids is 1. The van der Waals surface area contributed by atoms with Crippen molar-refractivity contribution in [1.29, 1.82) is 0 Å². The second-order valence-corrected chi connectivity index (χ2v) is 6.79. The molecule has 2 N–H and O–H groups in total. The number of carbonyl (C=O) groups is 1. The highest BCUT2D eigenvalue weighted by molar-refractivity contribution is 6.03.